The number of nitrogens with zero attached hydrogens (tertiary/aromatic N) is 4. The molecule has 32 heavy (non-hydrogen) atoms. The zero-order valence-corrected chi connectivity index (χ0v) is 19.9. The number of nitriles is 1. The van der Waals surface area contributed by atoms with Gasteiger partial charge in [-0.3, -0.25) is 9.89 Å². The summed E-state index contributed by atoms with van der Waals surface area (Å²) in [7, 11) is 0. The van der Waals surface area contributed by atoms with Crippen LogP contribution in [0.4, 0.5) is 11.6 Å². The van der Waals surface area contributed by atoms with E-state index < -0.39 is 0 Å². The molecule has 0 aromatic carbocycles. The van der Waals surface area contributed by atoms with Crippen molar-refractivity contribution in [2.75, 3.05) is 5.32 Å². The molecular formula is C24H36N6O2. The van der Waals surface area contributed by atoms with Crippen LogP contribution in [0, 0.1) is 23.2 Å². The third-order valence-electron chi connectivity index (χ3n) is 5.71. The maximum atomic E-state index is 11.0. The maximum Gasteiger partial charge on any atom is 0.302 e. The summed E-state index contributed by atoms with van der Waals surface area (Å²) < 4.78 is 5.25. The lowest BCUT2D eigenvalue weighted by atomic mass is 9.98. The molecule has 3 rings (SSSR count). The van der Waals surface area contributed by atoms with Crippen LogP contribution in [0.1, 0.15) is 90.4 Å². The second-order valence-corrected chi connectivity index (χ2v) is 8.96. The Morgan fingerprint density at radius 3 is 2.62 bits per heavy atom. The summed E-state index contributed by atoms with van der Waals surface area (Å²) in [6.07, 6.45) is 9.65. The fraction of sp³-hybridized carbons (Fsp3) is 0.625. The molecule has 1 saturated carbocycles. The number of hydrogen-bond donors (Lipinski definition) is 2. The van der Waals surface area contributed by atoms with E-state index >= 15 is 0 Å². The molecule has 2 heterocycles. The number of esters is 1. The minimum absolute atomic E-state index is 0.0124. The van der Waals surface area contributed by atoms with Crippen molar-refractivity contribution < 1.29 is 9.53 Å². The number of rotatable bonds is 8. The van der Waals surface area contributed by atoms with E-state index in [-0.39, 0.29) is 17.8 Å². The molecule has 3 atom stereocenters. The van der Waals surface area contributed by atoms with Gasteiger partial charge in [-0.2, -0.15) is 10.4 Å². The number of aromatic nitrogens is 4. The Kier molecular flexibility index (Phi) is 10.1. The summed E-state index contributed by atoms with van der Waals surface area (Å²) in [5.74, 6) is 3.05. The van der Waals surface area contributed by atoms with Crippen LogP contribution in [0.2, 0.25) is 0 Å². The molecule has 1 fully saturated rings. The first-order valence-electron chi connectivity index (χ1n) is 11.5. The van der Waals surface area contributed by atoms with E-state index in [1.54, 1.807) is 0 Å². The van der Waals surface area contributed by atoms with Gasteiger partial charge in [0.1, 0.15) is 18.0 Å². The fourth-order valence-corrected chi connectivity index (χ4v) is 3.58. The second-order valence-electron chi connectivity index (χ2n) is 8.96. The summed E-state index contributed by atoms with van der Waals surface area (Å²) in [5.41, 5.74) is 1.27. The SMILES string of the molecule is CC(=O)OC1CCC(c2cc(Nc3cnc(C#N)cn3)n[nH]2)C1.CCC(C)CCC(C)C. The van der Waals surface area contributed by atoms with Crippen molar-refractivity contribution in [1.29, 1.82) is 5.26 Å². The zero-order chi connectivity index (χ0) is 23.5. The highest BCUT2D eigenvalue weighted by Crippen LogP contribution is 2.36. The Hall–Kier alpha value is -2.95. The standard InChI is InChI=1S/C15H16N6O2.C9H20/c1-9(22)23-12-3-2-10(4-12)13-5-14(21-20-13)19-15-8-17-11(6-16)7-18-15;1-5-9(4)7-6-8(2)3/h5,7-8,10,12H,2-4H2,1H3,(H2,18,19,20,21);8-9H,5-7H2,1-4H3. The number of anilines is 2. The van der Waals surface area contributed by atoms with Crippen molar-refractivity contribution >= 4 is 17.6 Å². The molecular weight excluding hydrogens is 404 g/mol. The average Bonchev–Trinajstić information content (AvgIpc) is 3.42. The molecule has 0 radical (unpaired) electrons. The summed E-state index contributed by atoms with van der Waals surface area (Å²) in [6.45, 7) is 10.6. The van der Waals surface area contributed by atoms with Gasteiger partial charge >= 0.3 is 5.97 Å². The number of ether oxygens (including phenoxy) is 1. The normalized spacial score (nSPS) is 18.4. The van der Waals surface area contributed by atoms with Crippen molar-refractivity contribution in [3.05, 3.63) is 29.8 Å². The van der Waals surface area contributed by atoms with Gasteiger partial charge in [0.2, 0.25) is 0 Å². The zero-order valence-electron chi connectivity index (χ0n) is 19.9. The van der Waals surface area contributed by atoms with Gasteiger partial charge in [-0.25, -0.2) is 9.97 Å². The number of hydrogen-bond acceptors (Lipinski definition) is 7. The Bertz CT molecular complexity index is 871. The first-order valence-corrected chi connectivity index (χ1v) is 11.5. The van der Waals surface area contributed by atoms with E-state index in [0.29, 0.717) is 17.6 Å². The average molecular weight is 441 g/mol. The molecule has 2 aromatic rings. The van der Waals surface area contributed by atoms with Crippen molar-refractivity contribution in [3.8, 4) is 6.07 Å². The van der Waals surface area contributed by atoms with Gasteiger partial charge in [-0.1, -0.05) is 47.0 Å². The summed E-state index contributed by atoms with van der Waals surface area (Å²) in [6, 6.07) is 3.84. The van der Waals surface area contributed by atoms with E-state index in [0.717, 1.165) is 36.8 Å². The summed E-state index contributed by atoms with van der Waals surface area (Å²) in [4.78, 5) is 19.0. The third-order valence-corrected chi connectivity index (χ3v) is 5.71. The van der Waals surface area contributed by atoms with Crippen LogP contribution in [0.15, 0.2) is 18.5 Å². The molecule has 2 N–H and O–H groups in total. The number of nitrogens with one attached hydrogen (secondary N) is 2. The molecule has 8 nitrogen and oxygen atoms in total. The molecule has 2 aromatic heterocycles. The molecule has 174 valence electrons. The Morgan fingerprint density at radius 2 is 2.03 bits per heavy atom. The molecule has 0 amide bonds. The van der Waals surface area contributed by atoms with Crippen LogP contribution >= 0.6 is 0 Å². The minimum Gasteiger partial charge on any atom is -0.463 e. The van der Waals surface area contributed by atoms with Gasteiger partial charge in [0, 0.05) is 24.6 Å². The highest BCUT2D eigenvalue weighted by molar-refractivity contribution is 5.66. The van der Waals surface area contributed by atoms with E-state index in [2.05, 4.69) is 53.2 Å². The molecule has 8 heteroatoms. The van der Waals surface area contributed by atoms with Crippen molar-refractivity contribution in [2.45, 2.75) is 85.2 Å². The smallest absolute Gasteiger partial charge is 0.302 e. The van der Waals surface area contributed by atoms with Gasteiger partial charge < -0.3 is 10.1 Å². The minimum atomic E-state index is -0.234. The first-order chi connectivity index (χ1) is 15.3. The van der Waals surface area contributed by atoms with Crippen LogP contribution in [-0.2, 0) is 9.53 Å². The Morgan fingerprint density at radius 1 is 1.25 bits per heavy atom. The van der Waals surface area contributed by atoms with Crippen molar-refractivity contribution in [1.82, 2.24) is 20.2 Å². The van der Waals surface area contributed by atoms with Crippen LogP contribution in [0.25, 0.3) is 0 Å². The van der Waals surface area contributed by atoms with Crippen LogP contribution in [0.5, 0.6) is 0 Å². The molecule has 0 saturated heterocycles. The fourth-order valence-electron chi connectivity index (χ4n) is 3.58. The maximum absolute atomic E-state index is 11.0. The van der Waals surface area contributed by atoms with Gasteiger partial charge in [0.25, 0.3) is 0 Å². The first kappa shape index (κ1) is 25.3. The number of H-pyrrole nitrogens is 1. The summed E-state index contributed by atoms with van der Waals surface area (Å²) >= 11 is 0. The van der Waals surface area contributed by atoms with E-state index in [1.807, 2.05) is 12.1 Å². The monoisotopic (exact) mass is 440 g/mol. The molecule has 1 aliphatic carbocycles. The van der Waals surface area contributed by atoms with E-state index in [1.165, 1.54) is 38.6 Å². The molecule has 3 unspecified atom stereocenters. The highest BCUT2D eigenvalue weighted by Gasteiger charge is 2.29. The van der Waals surface area contributed by atoms with Gasteiger partial charge in [-0.15, -0.1) is 0 Å². The predicted octanol–water partition coefficient (Wildman–Crippen LogP) is 5.48. The predicted molar refractivity (Wildman–Crippen MR) is 124 cm³/mol. The van der Waals surface area contributed by atoms with Crippen LogP contribution < -0.4 is 5.32 Å². The molecule has 1 aliphatic rings. The number of carbonyl (C=O) groups excluding carboxylic acids is 1. The lowest BCUT2D eigenvalue weighted by molar-refractivity contribution is -0.145. The van der Waals surface area contributed by atoms with Crippen LogP contribution in [-0.4, -0.2) is 32.2 Å². The van der Waals surface area contributed by atoms with Gasteiger partial charge in [0.05, 0.1) is 12.4 Å². The van der Waals surface area contributed by atoms with E-state index in [4.69, 9.17) is 10.00 Å². The second kappa shape index (κ2) is 12.8. The third kappa shape index (κ3) is 8.66. The molecule has 0 aliphatic heterocycles. The Labute approximate surface area is 191 Å². The van der Waals surface area contributed by atoms with E-state index in [9.17, 15) is 4.79 Å². The molecule has 0 spiro atoms. The lowest BCUT2D eigenvalue weighted by Crippen LogP contribution is -2.12. The van der Waals surface area contributed by atoms with Gasteiger partial charge in [-0.05, 0) is 31.1 Å². The quantitative estimate of drug-likeness (QED) is 0.522. The van der Waals surface area contributed by atoms with Gasteiger partial charge in [0.15, 0.2) is 11.5 Å². The van der Waals surface area contributed by atoms with Crippen LogP contribution in [0.3, 0.4) is 0 Å². The number of carbonyl (C=O) groups is 1. The number of aromatic amines is 1. The van der Waals surface area contributed by atoms with Crippen molar-refractivity contribution in [2.24, 2.45) is 11.8 Å². The largest absolute Gasteiger partial charge is 0.463 e. The topological polar surface area (TPSA) is 117 Å². The van der Waals surface area contributed by atoms with Crippen molar-refractivity contribution in [3.63, 3.8) is 0 Å². The molecule has 0 bridgehead atoms. The highest BCUT2D eigenvalue weighted by atomic mass is 16.5. The lowest BCUT2D eigenvalue weighted by Gasteiger charge is -2.10. The Balaban J connectivity index is 0.000000344. The summed E-state index contributed by atoms with van der Waals surface area (Å²) in [5, 5.41) is 18.9.